The summed E-state index contributed by atoms with van der Waals surface area (Å²) in [5, 5.41) is 7.35. The van der Waals surface area contributed by atoms with Crippen LogP contribution in [-0.4, -0.2) is 52.8 Å². The second-order valence-electron chi connectivity index (χ2n) is 3.87. The topological polar surface area (TPSA) is 63.1 Å². The summed E-state index contributed by atoms with van der Waals surface area (Å²) in [5.41, 5.74) is 0. The molecule has 1 amide bonds. The molecule has 0 aromatic carbocycles. The second-order valence-corrected chi connectivity index (χ2v) is 3.87. The molecule has 16 heavy (non-hydrogen) atoms. The van der Waals surface area contributed by atoms with Gasteiger partial charge in [-0.2, -0.15) is 5.10 Å². The van der Waals surface area contributed by atoms with Crippen molar-refractivity contribution in [2.75, 3.05) is 27.2 Å². The Morgan fingerprint density at radius 3 is 2.81 bits per heavy atom. The van der Waals surface area contributed by atoms with E-state index < -0.39 is 0 Å². The fourth-order valence-corrected chi connectivity index (χ4v) is 1.24. The number of carbonyl (C=O) groups excluding carboxylic acids is 1. The molecule has 1 N–H and O–H groups in total. The first-order chi connectivity index (χ1) is 7.59. The molecule has 0 radical (unpaired) electrons. The van der Waals surface area contributed by atoms with Gasteiger partial charge < -0.3 is 10.2 Å². The van der Waals surface area contributed by atoms with E-state index in [1.165, 1.54) is 0 Å². The fraction of sp³-hybridized carbons (Fsp3) is 0.700. The lowest BCUT2D eigenvalue weighted by Gasteiger charge is -2.09. The maximum Gasteiger partial charge on any atom is 0.223 e. The van der Waals surface area contributed by atoms with Crippen molar-refractivity contribution in [3.8, 4) is 0 Å². The summed E-state index contributed by atoms with van der Waals surface area (Å²) in [4.78, 5) is 16.9. The van der Waals surface area contributed by atoms with E-state index in [4.69, 9.17) is 0 Å². The zero-order chi connectivity index (χ0) is 12.0. The highest BCUT2D eigenvalue weighted by molar-refractivity contribution is 5.75. The Hall–Kier alpha value is -1.43. The Bertz CT molecular complexity index is 334. The van der Waals surface area contributed by atoms with Gasteiger partial charge in [-0.3, -0.25) is 9.48 Å². The highest BCUT2D eigenvalue weighted by atomic mass is 16.2. The summed E-state index contributed by atoms with van der Waals surface area (Å²) in [7, 11) is 5.37. The monoisotopic (exact) mass is 225 g/mol. The van der Waals surface area contributed by atoms with E-state index in [0.29, 0.717) is 13.0 Å². The molecule has 1 aromatic heterocycles. The molecule has 0 aliphatic heterocycles. The van der Waals surface area contributed by atoms with Crippen LogP contribution in [-0.2, 0) is 18.3 Å². The summed E-state index contributed by atoms with van der Waals surface area (Å²) >= 11 is 0. The van der Waals surface area contributed by atoms with Crippen molar-refractivity contribution in [1.82, 2.24) is 25.0 Å². The average Bonchev–Trinajstić information content (AvgIpc) is 2.63. The van der Waals surface area contributed by atoms with Gasteiger partial charge in [0.2, 0.25) is 5.91 Å². The number of carbonyl (C=O) groups is 1. The molecule has 0 aliphatic carbocycles. The minimum absolute atomic E-state index is 0.142. The molecule has 6 nitrogen and oxygen atoms in total. The summed E-state index contributed by atoms with van der Waals surface area (Å²) in [6, 6.07) is 0. The Morgan fingerprint density at radius 2 is 2.25 bits per heavy atom. The number of hydrogen-bond acceptors (Lipinski definition) is 4. The van der Waals surface area contributed by atoms with E-state index >= 15 is 0 Å². The highest BCUT2D eigenvalue weighted by Gasteiger charge is 2.03. The normalized spacial score (nSPS) is 10.4. The zero-order valence-electron chi connectivity index (χ0n) is 10.1. The Kier molecular flexibility index (Phi) is 4.91. The Morgan fingerprint density at radius 1 is 1.50 bits per heavy atom. The minimum atomic E-state index is 0.142. The number of nitrogens with zero attached hydrogens (tertiary/aromatic N) is 4. The quantitative estimate of drug-likeness (QED) is 0.658. The Balaban J connectivity index is 2.06. The maximum absolute atomic E-state index is 11.2. The molecule has 0 aliphatic rings. The van der Waals surface area contributed by atoms with E-state index in [0.717, 1.165) is 18.8 Å². The molecule has 0 bridgehead atoms. The van der Waals surface area contributed by atoms with Crippen LogP contribution in [0, 0.1) is 0 Å². The standard InChI is InChI=1S/C10H19N5O/c1-14(2)10(16)5-7-11-6-4-9-12-8-15(3)13-9/h8,11H,4-7H2,1-3H3. The molecule has 0 fully saturated rings. The van der Waals surface area contributed by atoms with Crippen LogP contribution in [0.25, 0.3) is 0 Å². The van der Waals surface area contributed by atoms with Crippen LogP contribution in [0.4, 0.5) is 0 Å². The van der Waals surface area contributed by atoms with Gasteiger partial charge >= 0.3 is 0 Å². The van der Waals surface area contributed by atoms with Gasteiger partial charge in [0.05, 0.1) is 0 Å². The predicted molar refractivity (Wildman–Crippen MR) is 60.9 cm³/mol. The molecule has 1 rings (SSSR count). The van der Waals surface area contributed by atoms with E-state index in [1.54, 1.807) is 30.0 Å². The maximum atomic E-state index is 11.2. The highest BCUT2D eigenvalue weighted by Crippen LogP contribution is 1.89. The molecule has 1 aromatic rings. The van der Waals surface area contributed by atoms with Gasteiger partial charge in [-0.05, 0) is 0 Å². The van der Waals surface area contributed by atoms with Gasteiger partial charge in [0.15, 0.2) is 5.82 Å². The lowest BCUT2D eigenvalue weighted by Crippen LogP contribution is -2.27. The summed E-state index contributed by atoms with van der Waals surface area (Å²) in [6.07, 6.45) is 3.00. The minimum Gasteiger partial charge on any atom is -0.349 e. The molecule has 6 heteroatoms. The molecule has 1 heterocycles. The number of nitrogens with one attached hydrogen (secondary N) is 1. The van der Waals surface area contributed by atoms with E-state index in [2.05, 4.69) is 15.4 Å². The van der Waals surface area contributed by atoms with Crippen LogP contribution in [0.3, 0.4) is 0 Å². The van der Waals surface area contributed by atoms with E-state index in [1.807, 2.05) is 7.05 Å². The van der Waals surface area contributed by atoms with Crippen LogP contribution < -0.4 is 5.32 Å². The molecule has 0 saturated carbocycles. The van der Waals surface area contributed by atoms with Crippen LogP contribution in [0.5, 0.6) is 0 Å². The van der Waals surface area contributed by atoms with Crippen LogP contribution in [0.2, 0.25) is 0 Å². The summed E-state index contributed by atoms with van der Waals surface area (Å²) in [6.45, 7) is 1.49. The van der Waals surface area contributed by atoms with Gasteiger partial charge in [-0.25, -0.2) is 4.98 Å². The third-order valence-corrected chi connectivity index (χ3v) is 2.19. The van der Waals surface area contributed by atoms with Gasteiger partial charge in [-0.1, -0.05) is 0 Å². The SMILES string of the molecule is CN(C)C(=O)CCNCCc1ncn(C)n1. The van der Waals surface area contributed by atoms with Gasteiger partial charge in [0.25, 0.3) is 0 Å². The zero-order valence-corrected chi connectivity index (χ0v) is 10.1. The van der Waals surface area contributed by atoms with Gasteiger partial charge in [0.1, 0.15) is 6.33 Å². The van der Waals surface area contributed by atoms with Crippen molar-refractivity contribution in [1.29, 1.82) is 0 Å². The third-order valence-electron chi connectivity index (χ3n) is 2.19. The van der Waals surface area contributed by atoms with Gasteiger partial charge in [0, 0.05) is 47.1 Å². The number of aryl methyl sites for hydroxylation is 1. The summed E-state index contributed by atoms with van der Waals surface area (Å²) < 4.78 is 1.69. The molecule has 90 valence electrons. The van der Waals surface area contributed by atoms with Crippen molar-refractivity contribution >= 4 is 5.91 Å². The number of aromatic nitrogens is 3. The van der Waals surface area contributed by atoms with Crippen molar-refractivity contribution in [3.05, 3.63) is 12.2 Å². The molecule has 0 saturated heterocycles. The lowest BCUT2D eigenvalue weighted by molar-refractivity contribution is -0.128. The molecule has 0 spiro atoms. The third kappa shape index (κ3) is 4.39. The van der Waals surface area contributed by atoms with Crippen molar-refractivity contribution in [2.45, 2.75) is 12.8 Å². The first kappa shape index (κ1) is 12.6. The van der Waals surface area contributed by atoms with Crippen molar-refractivity contribution < 1.29 is 4.79 Å². The largest absolute Gasteiger partial charge is 0.349 e. The summed E-state index contributed by atoms with van der Waals surface area (Å²) in [5.74, 6) is 0.970. The number of amides is 1. The number of rotatable bonds is 6. The molecule has 0 unspecified atom stereocenters. The van der Waals surface area contributed by atoms with Gasteiger partial charge in [-0.15, -0.1) is 0 Å². The molecule has 0 atom stereocenters. The van der Waals surface area contributed by atoms with Crippen molar-refractivity contribution in [3.63, 3.8) is 0 Å². The van der Waals surface area contributed by atoms with Crippen LogP contribution in [0.15, 0.2) is 6.33 Å². The average molecular weight is 225 g/mol. The Labute approximate surface area is 95.6 Å². The number of hydrogen-bond donors (Lipinski definition) is 1. The van der Waals surface area contributed by atoms with Crippen LogP contribution in [0.1, 0.15) is 12.2 Å². The molecular weight excluding hydrogens is 206 g/mol. The smallest absolute Gasteiger partial charge is 0.223 e. The van der Waals surface area contributed by atoms with Crippen molar-refractivity contribution in [2.24, 2.45) is 7.05 Å². The van der Waals surface area contributed by atoms with Crippen LogP contribution >= 0.6 is 0 Å². The predicted octanol–water partition coefficient (Wildman–Crippen LogP) is -0.574. The van der Waals surface area contributed by atoms with E-state index in [-0.39, 0.29) is 5.91 Å². The first-order valence-electron chi connectivity index (χ1n) is 5.35. The second kappa shape index (κ2) is 6.22. The lowest BCUT2D eigenvalue weighted by atomic mass is 10.3. The molecular formula is C10H19N5O. The fourth-order valence-electron chi connectivity index (χ4n) is 1.24. The van der Waals surface area contributed by atoms with E-state index in [9.17, 15) is 4.79 Å². The first-order valence-corrected chi connectivity index (χ1v) is 5.35.